The fourth-order valence-corrected chi connectivity index (χ4v) is 2.15. The second kappa shape index (κ2) is 6.95. The van der Waals surface area contributed by atoms with Gasteiger partial charge in [-0.1, -0.05) is 20.8 Å². The number of methoxy groups -OCH3 is 1. The van der Waals surface area contributed by atoms with Crippen LogP contribution in [0.15, 0.2) is 0 Å². The van der Waals surface area contributed by atoms with E-state index in [1.54, 1.807) is 7.11 Å². The van der Waals surface area contributed by atoms with Crippen LogP contribution in [0.25, 0.3) is 0 Å². The van der Waals surface area contributed by atoms with Gasteiger partial charge < -0.3 is 15.0 Å². The van der Waals surface area contributed by atoms with Crippen molar-refractivity contribution in [3.8, 4) is 0 Å². The van der Waals surface area contributed by atoms with Crippen LogP contribution in [-0.2, 0) is 4.74 Å². The molecule has 0 bridgehead atoms. The monoisotopic (exact) mass is 257 g/mol. The normalized spacial score (nSPS) is 17.9. The molecule has 1 aliphatic rings. The molecule has 0 aliphatic carbocycles. The first kappa shape index (κ1) is 15.2. The molecule has 5 nitrogen and oxygen atoms in total. The maximum absolute atomic E-state index is 11.8. The molecule has 1 aliphatic heterocycles. The Morgan fingerprint density at radius 1 is 1.22 bits per heavy atom. The Bertz CT molecular complexity index is 255. The fourth-order valence-electron chi connectivity index (χ4n) is 2.15. The zero-order valence-corrected chi connectivity index (χ0v) is 12.2. The second-order valence-electron chi connectivity index (χ2n) is 6.05. The van der Waals surface area contributed by atoms with E-state index in [1.165, 1.54) is 0 Å². The third-order valence-electron chi connectivity index (χ3n) is 2.94. The first-order chi connectivity index (χ1) is 8.42. The van der Waals surface area contributed by atoms with E-state index < -0.39 is 0 Å². The van der Waals surface area contributed by atoms with Crippen LogP contribution < -0.4 is 5.32 Å². The topological polar surface area (TPSA) is 44.8 Å². The van der Waals surface area contributed by atoms with Crippen LogP contribution in [0.1, 0.15) is 20.8 Å². The van der Waals surface area contributed by atoms with Gasteiger partial charge in [-0.15, -0.1) is 0 Å². The first-order valence-electron chi connectivity index (χ1n) is 6.66. The van der Waals surface area contributed by atoms with Crippen molar-refractivity contribution in [3.05, 3.63) is 0 Å². The lowest BCUT2D eigenvalue weighted by molar-refractivity contribution is 0.112. The maximum Gasteiger partial charge on any atom is 0.317 e. The molecular weight excluding hydrogens is 230 g/mol. The molecule has 1 fully saturated rings. The van der Waals surface area contributed by atoms with Gasteiger partial charge in [-0.05, 0) is 5.41 Å². The standard InChI is InChI=1S/C13H27N3O2/c1-13(2,3)11-15-6-8-16(9-7-15)12(17)14-5-10-18-4/h5-11H2,1-4H3,(H,14,17). The van der Waals surface area contributed by atoms with Crippen LogP contribution in [0.3, 0.4) is 0 Å². The van der Waals surface area contributed by atoms with E-state index in [9.17, 15) is 4.79 Å². The third kappa shape index (κ3) is 5.69. The average Bonchev–Trinajstić information content (AvgIpc) is 2.28. The number of carbonyl (C=O) groups is 1. The van der Waals surface area contributed by atoms with E-state index in [0.29, 0.717) is 18.6 Å². The molecule has 0 aromatic rings. The smallest absolute Gasteiger partial charge is 0.317 e. The molecule has 18 heavy (non-hydrogen) atoms. The van der Waals surface area contributed by atoms with Gasteiger partial charge in [0.2, 0.25) is 0 Å². The molecule has 0 atom stereocenters. The van der Waals surface area contributed by atoms with Gasteiger partial charge in [0.15, 0.2) is 0 Å². The lowest BCUT2D eigenvalue weighted by Gasteiger charge is -2.37. The molecule has 1 saturated heterocycles. The number of nitrogens with zero attached hydrogens (tertiary/aromatic N) is 2. The predicted octanol–water partition coefficient (Wildman–Crippen LogP) is 1.01. The highest BCUT2D eigenvalue weighted by Gasteiger charge is 2.23. The zero-order chi connectivity index (χ0) is 13.6. The average molecular weight is 257 g/mol. The number of piperazine rings is 1. The van der Waals surface area contributed by atoms with Gasteiger partial charge in [0.1, 0.15) is 0 Å². The number of hydrogen-bond donors (Lipinski definition) is 1. The lowest BCUT2D eigenvalue weighted by atomic mass is 9.96. The van der Waals surface area contributed by atoms with E-state index >= 15 is 0 Å². The van der Waals surface area contributed by atoms with E-state index in [-0.39, 0.29) is 6.03 Å². The van der Waals surface area contributed by atoms with Crippen molar-refractivity contribution in [2.24, 2.45) is 5.41 Å². The number of ether oxygens (including phenoxy) is 1. The molecular formula is C13H27N3O2. The fraction of sp³-hybridized carbons (Fsp3) is 0.923. The van der Waals surface area contributed by atoms with Crippen molar-refractivity contribution in [1.29, 1.82) is 0 Å². The molecule has 0 aromatic heterocycles. The maximum atomic E-state index is 11.8. The van der Waals surface area contributed by atoms with E-state index in [4.69, 9.17) is 4.74 Å². The summed E-state index contributed by atoms with van der Waals surface area (Å²) in [4.78, 5) is 16.1. The third-order valence-corrected chi connectivity index (χ3v) is 2.94. The Morgan fingerprint density at radius 2 is 1.83 bits per heavy atom. The molecule has 0 spiro atoms. The summed E-state index contributed by atoms with van der Waals surface area (Å²) in [5.41, 5.74) is 0.322. The summed E-state index contributed by atoms with van der Waals surface area (Å²) in [7, 11) is 1.64. The summed E-state index contributed by atoms with van der Waals surface area (Å²) in [6, 6.07) is 0.0301. The van der Waals surface area contributed by atoms with Crippen molar-refractivity contribution in [2.45, 2.75) is 20.8 Å². The molecule has 5 heteroatoms. The molecule has 0 aromatic carbocycles. The minimum absolute atomic E-state index is 0.0301. The Morgan fingerprint density at radius 3 is 2.33 bits per heavy atom. The van der Waals surface area contributed by atoms with E-state index in [2.05, 4.69) is 31.0 Å². The number of hydrogen-bond acceptors (Lipinski definition) is 3. The summed E-state index contributed by atoms with van der Waals surface area (Å²) in [5, 5.41) is 2.86. The van der Waals surface area contributed by atoms with Crippen LogP contribution in [0, 0.1) is 5.41 Å². The molecule has 106 valence electrons. The molecule has 0 saturated carbocycles. The Balaban J connectivity index is 2.24. The van der Waals surface area contributed by atoms with Crippen LogP contribution in [0.4, 0.5) is 4.79 Å². The van der Waals surface area contributed by atoms with Gasteiger partial charge in [-0.25, -0.2) is 4.79 Å². The van der Waals surface area contributed by atoms with E-state index in [1.807, 2.05) is 4.90 Å². The molecule has 1 heterocycles. The molecule has 0 radical (unpaired) electrons. The van der Waals surface area contributed by atoms with Gasteiger partial charge in [-0.2, -0.15) is 0 Å². The molecule has 0 unspecified atom stereocenters. The highest BCUT2D eigenvalue weighted by molar-refractivity contribution is 5.74. The van der Waals surface area contributed by atoms with Crippen molar-refractivity contribution in [1.82, 2.24) is 15.1 Å². The predicted molar refractivity (Wildman–Crippen MR) is 72.7 cm³/mol. The van der Waals surface area contributed by atoms with Gasteiger partial charge in [0.25, 0.3) is 0 Å². The first-order valence-corrected chi connectivity index (χ1v) is 6.66. The number of rotatable bonds is 4. The molecule has 2 amide bonds. The number of nitrogens with one attached hydrogen (secondary N) is 1. The van der Waals surface area contributed by atoms with Crippen LogP contribution >= 0.6 is 0 Å². The highest BCUT2D eigenvalue weighted by Crippen LogP contribution is 2.16. The number of carbonyl (C=O) groups excluding carboxylic acids is 1. The summed E-state index contributed by atoms with van der Waals surface area (Å²) < 4.78 is 4.91. The van der Waals surface area contributed by atoms with Crippen molar-refractivity contribution in [3.63, 3.8) is 0 Å². The minimum Gasteiger partial charge on any atom is -0.383 e. The number of amides is 2. The van der Waals surface area contributed by atoms with Crippen molar-refractivity contribution in [2.75, 3.05) is 53.0 Å². The highest BCUT2D eigenvalue weighted by atomic mass is 16.5. The summed E-state index contributed by atoms with van der Waals surface area (Å²) in [6.45, 7) is 12.5. The Hall–Kier alpha value is -0.810. The summed E-state index contributed by atoms with van der Waals surface area (Å²) in [6.07, 6.45) is 0. The summed E-state index contributed by atoms with van der Waals surface area (Å²) in [5.74, 6) is 0. The van der Waals surface area contributed by atoms with Gasteiger partial charge in [0.05, 0.1) is 6.61 Å². The van der Waals surface area contributed by atoms with Gasteiger partial charge in [0, 0.05) is 46.4 Å². The quantitative estimate of drug-likeness (QED) is 0.764. The minimum atomic E-state index is 0.0301. The van der Waals surface area contributed by atoms with Crippen LogP contribution in [0.2, 0.25) is 0 Å². The van der Waals surface area contributed by atoms with Crippen molar-refractivity contribution < 1.29 is 9.53 Å². The summed E-state index contributed by atoms with van der Waals surface area (Å²) >= 11 is 0. The van der Waals surface area contributed by atoms with Gasteiger partial charge in [-0.3, -0.25) is 4.90 Å². The lowest BCUT2D eigenvalue weighted by Crippen LogP contribution is -2.53. The largest absolute Gasteiger partial charge is 0.383 e. The van der Waals surface area contributed by atoms with Crippen molar-refractivity contribution >= 4 is 6.03 Å². The van der Waals surface area contributed by atoms with Gasteiger partial charge >= 0.3 is 6.03 Å². The Kier molecular flexibility index (Phi) is 5.88. The molecule has 1 N–H and O–H groups in total. The Labute approximate surface area is 110 Å². The van der Waals surface area contributed by atoms with E-state index in [0.717, 1.165) is 32.7 Å². The molecule has 1 rings (SSSR count). The van der Waals surface area contributed by atoms with Crippen LogP contribution in [0.5, 0.6) is 0 Å². The second-order valence-corrected chi connectivity index (χ2v) is 6.05. The van der Waals surface area contributed by atoms with Crippen LogP contribution in [-0.4, -0.2) is 68.8 Å². The number of urea groups is 1. The SMILES string of the molecule is COCCNC(=O)N1CCN(CC(C)(C)C)CC1. The zero-order valence-electron chi connectivity index (χ0n) is 12.2.